The number of amides is 1. The standard InChI is InChI=1S/C12H17FN2O/c1-9(12(16)14-2)15-8-7-10-5-3-4-6-11(10)13/h3-6,9,15H,7-8H2,1-2H3,(H,14,16). The Labute approximate surface area is 95.0 Å². The predicted octanol–water partition coefficient (Wildman–Crippen LogP) is 1.09. The number of likely N-dealkylation sites (N-methyl/N-ethyl adjacent to an activating group) is 1. The third kappa shape index (κ3) is 3.62. The van der Waals surface area contributed by atoms with Crippen molar-refractivity contribution in [1.82, 2.24) is 10.6 Å². The first-order valence-corrected chi connectivity index (χ1v) is 5.33. The SMILES string of the molecule is CNC(=O)C(C)NCCc1ccccc1F. The zero-order chi connectivity index (χ0) is 12.0. The molecule has 1 aromatic carbocycles. The molecule has 0 aliphatic heterocycles. The molecule has 0 saturated heterocycles. The smallest absolute Gasteiger partial charge is 0.236 e. The minimum absolute atomic E-state index is 0.0615. The molecular weight excluding hydrogens is 207 g/mol. The van der Waals surface area contributed by atoms with Gasteiger partial charge >= 0.3 is 0 Å². The van der Waals surface area contributed by atoms with Crippen molar-refractivity contribution in [1.29, 1.82) is 0 Å². The van der Waals surface area contributed by atoms with E-state index in [-0.39, 0.29) is 17.8 Å². The Hall–Kier alpha value is -1.42. The first-order chi connectivity index (χ1) is 7.65. The minimum atomic E-state index is -0.253. The van der Waals surface area contributed by atoms with Crippen molar-refractivity contribution in [3.05, 3.63) is 35.6 Å². The quantitative estimate of drug-likeness (QED) is 0.786. The maximum Gasteiger partial charge on any atom is 0.236 e. The molecule has 88 valence electrons. The first kappa shape index (κ1) is 12.6. The van der Waals surface area contributed by atoms with Crippen molar-refractivity contribution in [2.24, 2.45) is 0 Å². The second kappa shape index (κ2) is 6.23. The van der Waals surface area contributed by atoms with Crippen LogP contribution < -0.4 is 10.6 Å². The topological polar surface area (TPSA) is 41.1 Å². The lowest BCUT2D eigenvalue weighted by atomic mass is 10.1. The average Bonchev–Trinajstić information content (AvgIpc) is 2.30. The molecule has 2 N–H and O–H groups in total. The van der Waals surface area contributed by atoms with E-state index in [0.29, 0.717) is 18.5 Å². The molecule has 1 rings (SSSR count). The van der Waals surface area contributed by atoms with Gasteiger partial charge in [0.1, 0.15) is 5.82 Å². The van der Waals surface area contributed by atoms with Gasteiger partial charge in [0.05, 0.1) is 6.04 Å². The first-order valence-electron chi connectivity index (χ1n) is 5.33. The number of nitrogens with one attached hydrogen (secondary N) is 2. The molecule has 0 aliphatic rings. The van der Waals surface area contributed by atoms with Crippen molar-refractivity contribution in [2.75, 3.05) is 13.6 Å². The van der Waals surface area contributed by atoms with Gasteiger partial charge in [-0.05, 0) is 25.0 Å². The summed E-state index contributed by atoms with van der Waals surface area (Å²) in [6.07, 6.45) is 0.577. The summed E-state index contributed by atoms with van der Waals surface area (Å²) in [5.41, 5.74) is 0.666. The van der Waals surface area contributed by atoms with Gasteiger partial charge in [0.15, 0.2) is 0 Å². The van der Waals surface area contributed by atoms with Gasteiger partial charge in [0.25, 0.3) is 0 Å². The highest BCUT2D eigenvalue weighted by Gasteiger charge is 2.09. The maximum atomic E-state index is 13.2. The fourth-order valence-corrected chi connectivity index (χ4v) is 1.43. The van der Waals surface area contributed by atoms with Crippen molar-refractivity contribution in [3.63, 3.8) is 0 Å². The van der Waals surface area contributed by atoms with E-state index >= 15 is 0 Å². The Balaban J connectivity index is 2.36. The molecule has 0 fully saturated rings. The molecule has 4 heteroatoms. The molecule has 0 aliphatic carbocycles. The second-order valence-corrected chi connectivity index (χ2v) is 3.63. The van der Waals surface area contributed by atoms with E-state index < -0.39 is 0 Å². The summed E-state index contributed by atoms with van der Waals surface area (Å²) in [7, 11) is 1.59. The fourth-order valence-electron chi connectivity index (χ4n) is 1.43. The molecule has 1 aromatic rings. The van der Waals surface area contributed by atoms with Gasteiger partial charge in [0, 0.05) is 13.6 Å². The molecule has 0 bridgehead atoms. The van der Waals surface area contributed by atoms with Gasteiger partial charge < -0.3 is 10.6 Å². The summed E-state index contributed by atoms with van der Waals surface area (Å²) < 4.78 is 13.2. The second-order valence-electron chi connectivity index (χ2n) is 3.63. The summed E-state index contributed by atoms with van der Waals surface area (Å²) in [4.78, 5) is 11.2. The molecule has 16 heavy (non-hydrogen) atoms. The highest BCUT2D eigenvalue weighted by molar-refractivity contribution is 5.80. The zero-order valence-electron chi connectivity index (χ0n) is 9.59. The summed E-state index contributed by atoms with van der Waals surface area (Å²) in [6.45, 7) is 2.36. The summed E-state index contributed by atoms with van der Waals surface area (Å²) in [5, 5.41) is 5.58. The molecule has 0 aromatic heterocycles. The molecule has 3 nitrogen and oxygen atoms in total. The van der Waals surface area contributed by atoms with Crippen LogP contribution in [0.3, 0.4) is 0 Å². The number of carbonyl (C=O) groups is 1. The van der Waals surface area contributed by atoms with Gasteiger partial charge in [0.2, 0.25) is 5.91 Å². The monoisotopic (exact) mass is 224 g/mol. The number of carbonyl (C=O) groups excluding carboxylic acids is 1. The van der Waals surface area contributed by atoms with E-state index in [1.165, 1.54) is 6.07 Å². The molecule has 1 atom stereocenters. The third-order valence-electron chi connectivity index (χ3n) is 2.44. The molecule has 1 amide bonds. The van der Waals surface area contributed by atoms with Crippen molar-refractivity contribution < 1.29 is 9.18 Å². The Morgan fingerprint density at radius 3 is 2.75 bits per heavy atom. The van der Waals surface area contributed by atoms with Crippen LogP contribution >= 0.6 is 0 Å². The number of hydrogen-bond acceptors (Lipinski definition) is 2. The summed E-state index contributed by atoms with van der Waals surface area (Å²) in [5.74, 6) is -0.259. The van der Waals surface area contributed by atoms with Crippen LogP contribution in [0.4, 0.5) is 4.39 Å². The van der Waals surface area contributed by atoms with Crippen LogP contribution in [0.5, 0.6) is 0 Å². The van der Waals surface area contributed by atoms with Crippen LogP contribution in [-0.2, 0) is 11.2 Å². The summed E-state index contributed by atoms with van der Waals surface area (Å²) in [6, 6.07) is 6.41. The lowest BCUT2D eigenvalue weighted by Gasteiger charge is -2.12. The van der Waals surface area contributed by atoms with E-state index in [1.54, 1.807) is 32.2 Å². The van der Waals surface area contributed by atoms with E-state index in [0.717, 1.165) is 0 Å². The van der Waals surface area contributed by atoms with Crippen molar-refractivity contribution >= 4 is 5.91 Å². The van der Waals surface area contributed by atoms with Crippen LogP contribution in [0, 0.1) is 5.82 Å². The molecule has 0 saturated carbocycles. The van der Waals surface area contributed by atoms with Gasteiger partial charge in [-0.2, -0.15) is 0 Å². The maximum absolute atomic E-state index is 13.2. The highest BCUT2D eigenvalue weighted by atomic mass is 19.1. The Bertz CT molecular complexity index is 355. The van der Waals surface area contributed by atoms with Crippen LogP contribution in [0.25, 0.3) is 0 Å². The van der Waals surface area contributed by atoms with E-state index in [4.69, 9.17) is 0 Å². The van der Waals surface area contributed by atoms with Crippen LogP contribution in [0.2, 0.25) is 0 Å². The Morgan fingerprint density at radius 2 is 2.12 bits per heavy atom. The van der Waals surface area contributed by atoms with Gasteiger partial charge in [-0.3, -0.25) is 4.79 Å². The number of halogens is 1. The van der Waals surface area contributed by atoms with Crippen LogP contribution in [0.15, 0.2) is 24.3 Å². The molecule has 0 spiro atoms. The third-order valence-corrected chi connectivity index (χ3v) is 2.44. The van der Waals surface area contributed by atoms with Crippen molar-refractivity contribution in [3.8, 4) is 0 Å². The molecule has 0 heterocycles. The fraction of sp³-hybridized carbons (Fsp3) is 0.417. The van der Waals surface area contributed by atoms with Gasteiger partial charge in [-0.15, -0.1) is 0 Å². The largest absolute Gasteiger partial charge is 0.358 e. The van der Waals surface area contributed by atoms with Gasteiger partial charge in [-0.1, -0.05) is 18.2 Å². The minimum Gasteiger partial charge on any atom is -0.358 e. The number of hydrogen-bond donors (Lipinski definition) is 2. The highest BCUT2D eigenvalue weighted by Crippen LogP contribution is 2.06. The molecular formula is C12H17FN2O. The average molecular weight is 224 g/mol. The summed E-state index contributed by atoms with van der Waals surface area (Å²) >= 11 is 0. The van der Waals surface area contributed by atoms with E-state index in [2.05, 4.69) is 10.6 Å². The van der Waals surface area contributed by atoms with E-state index in [9.17, 15) is 9.18 Å². The number of rotatable bonds is 5. The lowest BCUT2D eigenvalue weighted by Crippen LogP contribution is -2.41. The Morgan fingerprint density at radius 1 is 1.44 bits per heavy atom. The van der Waals surface area contributed by atoms with Crippen molar-refractivity contribution in [2.45, 2.75) is 19.4 Å². The zero-order valence-corrected chi connectivity index (χ0v) is 9.59. The predicted molar refractivity (Wildman–Crippen MR) is 61.6 cm³/mol. The van der Waals surface area contributed by atoms with Crippen LogP contribution in [0.1, 0.15) is 12.5 Å². The van der Waals surface area contributed by atoms with E-state index in [1.807, 2.05) is 0 Å². The number of benzene rings is 1. The van der Waals surface area contributed by atoms with Crippen LogP contribution in [-0.4, -0.2) is 25.5 Å². The lowest BCUT2D eigenvalue weighted by molar-refractivity contribution is -0.122. The van der Waals surface area contributed by atoms with Gasteiger partial charge in [-0.25, -0.2) is 4.39 Å². The molecule has 0 radical (unpaired) electrons. The molecule has 1 unspecified atom stereocenters. The Kier molecular flexibility index (Phi) is 4.92. The normalized spacial score (nSPS) is 12.2.